The molecule has 0 aliphatic carbocycles. The van der Waals surface area contributed by atoms with Gasteiger partial charge in [-0.1, -0.05) is 17.7 Å². The Kier molecular flexibility index (Phi) is 2.19. The van der Waals surface area contributed by atoms with Crippen molar-refractivity contribution >= 4 is 22.4 Å². The van der Waals surface area contributed by atoms with Crippen LogP contribution in [0.3, 0.4) is 0 Å². The van der Waals surface area contributed by atoms with Gasteiger partial charge in [-0.2, -0.15) is 0 Å². The number of alkyl halides is 1. The number of halogens is 1. The molecule has 0 fully saturated rings. The van der Waals surface area contributed by atoms with E-state index in [1.54, 1.807) is 6.20 Å². The van der Waals surface area contributed by atoms with E-state index in [1.165, 1.54) is 10.9 Å². The summed E-state index contributed by atoms with van der Waals surface area (Å²) in [5, 5.41) is 2.37. The normalized spacial score (nSPS) is 10.6. The van der Waals surface area contributed by atoms with Gasteiger partial charge in [-0.3, -0.25) is 4.98 Å². The highest BCUT2D eigenvalue weighted by molar-refractivity contribution is 6.18. The van der Waals surface area contributed by atoms with E-state index in [9.17, 15) is 0 Å². The topological polar surface area (TPSA) is 12.9 Å². The summed E-state index contributed by atoms with van der Waals surface area (Å²) in [6, 6.07) is 6.27. The summed E-state index contributed by atoms with van der Waals surface area (Å²) in [6.45, 7) is 2.08. The lowest BCUT2D eigenvalue weighted by atomic mass is 10.0. The van der Waals surface area contributed by atoms with Gasteiger partial charge in [0.2, 0.25) is 0 Å². The summed E-state index contributed by atoms with van der Waals surface area (Å²) in [4.78, 5) is 4.09. The summed E-state index contributed by atoms with van der Waals surface area (Å²) in [5.41, 5.74) is 2.40. The van der Waals surface area contributed by atoms with Gasteiger partial charge in [0.05, 0.1) is 0 Å². The highest BCUT2D eigenvalue weighted by Gasteiger charge is 2.00. The Balaban J connectivity index is 2.81. The van der Waals surface area contributed by atoms with Gasteiger partial charge in [0.1, 0.15) is 0 Å². The molecule has 0 unspecified atom stereocenters. The lowest BCUT2D eigenvalue weighted by Gasteiger charge is -2.04. The van der Waals surface area contributed by atoms with Crippen LogP contribution in [0.25, 0.3) is 10.8 Å². The lowest BCUT2D eigenvalue weighted by molar-refractivity contribution is 1.32. The Morgan fingerprint density at radius 1 is 1.38 bits per heavy atom. The molecule has 0 saturated carbocycles. The Morgan fingerprint density at radius 3 is 3.00 bits per heavy atom. The monoisotopic (exact) mass is 191 g/mol. The third-order valence-electron chi connectivity index (χ3n) is 2.13. The van der Waals surface area contributed by atoms with Gasteiger partial charge in [-0.25, -0.2) is 0 Å². The maximum absolute atomic E-state index is 5.85. The largest absolute Gasteiger partial charge is 0.264 e. The number of hydrogen-bond acceptors (Lipinski definition) is 1. The minimum absolute atomic E-state index is 0.546. The molecular weight excluding hydrogens is 182 g/mol. The van der Waals surface area contributed by atoms with E-state index in [0.29, 0.717) is 5.88 Å². The van der Waals surface area contributed by atoms with E-state index in [2.05, 4.69) is 24.0 Å². The molecule has 0 aliphatic heterocycles. The fourth-order valence-corrected chi connectivity index (χ4v) is 1.77. The van der Waals surface area contributed by atoms with Crippen LogP contribution in [0.1, 0.15) is 11.1 Å². The SMILES string of the molecule is Cc1cc(CCl)c2cnccc2c1. The maximum atomic E-state index is 5.85. The van der Waals surface area contributed by atoms with E-state index in [-0.39, 0.29) is 0 Å². The summed E-state index contributed by atoms with van der Waals surface area (Å²) in [6.07, 6.45) is 3.67. The molecule has 66 valence electrons. The smallest absolute Gasteiger partial charge is 0.0480 e. The summed E-state index contributed by atoms with van der Waals surface area (Å²) in [7, 11) is 0. The van der Waals surface area contributed by atoms with Crippen LogP contribution in [-0.2, 0) is 5.88 Å². The van der Waals surface area contributed by atoms with E-state index >= 15 is 0 Å². The van der Waals surface area contributed by atoms with Gasteiger partial charge in [-0.15, -0.1) is 11.6 Å². The summed E-state index contributed by atoms with van der Waals surface area (Å²) < 4.78 is 0. The molecule has 2 heteroatoms. The Morgan fingerprint density at radius 2 is 2.23 bits per heavy atom. The van der Waals surface area contributed by atoms with Crippen LogP contribution in [-0.4, -0.2) is 4.98 Å². The van der Waals surface area contributed by atoms with Gasteiger partial charge in [-0.05, 0) is 23.9 Å². The van der Waals surface area contributed by atoms with Gasteiger partial charge < -0.3 is 0 Å². The molecule has 13 heavy (non-hydrogen) atoms. The van der Waals surface area contributed by atoms with Crippen molar-refractivity contribution < 1.29 is 0 Å². The highest BCUT2D eigenvalue weighted by atomic mass is 35.5. The zero-order valence-corrected chi connectivity index (χ0v) is 8.17. The minimum atomic E-state index is 0.546. The molecule has 1 heterocycles. The highest BCUT2D eigenvalue weighted by Crippen LogP contribution is 2.21. The molecule has 0 aliphatic rings. The summed E-state index contributed by atoms with van der Waals surface area (Å²) in [5.74, 6) is 0.546. The van der Waals surface area contributed by atoms with Crippen LogP contribution in [0.5, 0.6) is 0 Å². The van der Waals surface area contributed by atoms with Crippen LogP contribution in [0.15, 0.2) is 30.6 Å². The average Bonchev–Trinajstić information content (AvgIpc) is 2.16. The zero-order chi connectivity index (χ0) is 9.26. The average molecular weight is 192 g/mol. The molecule has 0 spiro atoms. The zero-order valence-electron chi connectivity index (χ0n) is 7.42. The first kappa shape index (κ1) is 8.52. The second-order valence-corrected chi connectivity index (χ2v) is 3.42. The third kappa shape index (κ3) is 1.52. The second kappa shape index (κ2) is 3.35. The molecular formula is C11H10ClN. The van der Waals surface area contributed by atoms with Crippen molar-refractivity contribution in [3.05, 3.63) is 41.7 Å². The molecule has 1 aromatic carbocycles. The van der Waals surface area contributed by atoms with Crippen LogP contribution >= 0.6 is 11.6 Å². The van der Waals surface area contributed by atoms with Crippen molar-refractivity contribution in [3.8, 4) is 0 Å². The molecule has 2 aromatic rings. The number of fused-ring (bicyclic) bond motifs is 1. The second-order valence-electron chi connectivity index (χ2n) is 3.15. The Hall–Kier alpha value is -1.08. The van der Waals surface area contributed by atoms with Crippen LogP contribution in [0, 0.1) is 6.92 Å². The molecule has 0 radical (unpaired) electrons. The summed E-state index contributed by atoms with van der Waals surface area (Å²) >= 11 is 5.85. The number of aryl methyl sites for hydroxylation is 1. The number of aromatic nitrogens is 1. The number of rotatable bonds is 1. The maximum Gasteiger partial charge on any atom is 0.0480 e. The first-order valence-corrected chi connectivity index (χ1v) is 4.74. The van der Waals surface area contributed by atoms with Crippen LogP contribution < -0.4 is 0 Å². The number of pyridine rings is 1. The predicted octanol–water partition coefficient (Wildman–Crippen LogP) is 3.28. The van der Waals surface area contributed by atoms with Crippen molar-refractivity contribution in [2.24, 2.45) is 0 Å². The quantitative estimate of drug-likeness (QED) is 0.631. The van der Waals surface area contributed by atoms with Crippen LogP contribution in [0.2, 0.25) is 0 Å². The standard InChI is InChI=1S/C11H10ClN/c1-8-4-9-2-3-13-7-11(9)10(5-8)6-12/h2-5,7H,6H2,1H3. The Bertz CT molecular complexity index is 437. The first-order valence-electron chi connectivity index (χ1n) is 4.20. The molecule has 0 atom stereocenters. The molecule has 0 saturated heterocycles. The minimum Gasteiger partial charge on any atom is -0.264 e. The van der Waals surface area contributed by atoms with Crippen molar-refractivity contribution in [1.29, 1.82) is 0 Å². The van der Waals surface area contributed by atoms with Crippen LogP contribution in [0.4, 0.5) is 0 Å². The molecule has 0 bridgehead atoms. The molecule has 2 rings (SSSR count). The lowest BCUT2D eigenvalue weighted by Crippen LogP contribution is -1.85. The number of nitrogens with zero attached hydrogens (tertiary/aromatic N) is 1. The Labute approximate surface area is 82.4 Å². The van der Waals surface area contributed by atoms with E-state index in [1.807, 2.05) is 12.3 Å². The predicted molar refractivity (Wildman–Crippen MR) is 56.0 cm³/mol. The van der Waals surface area contributed by atoms with Gasteiger partial charge in [0, 0.05) is 23.7 Å². The van der Waals surface area contributed by atoms with Crippen molar-refractivity contribution in [2.75, 3.05) is 0 Å². The van der Waals surface area contributed by atoms with Crippen molar-refractivity contribution in [1.82, 2.24) is 4.98 Å². The van der Waals surface area contributed by atoms with Crippen molar-refractivity contribution in [3.63, 3.8) is 0 Å². The third-order valence-corrected chi connectivity index (χ3v) is 2.42. The fourth-order valence-electron chi connectivity index (χ4n) is 1.55. The van der Waals surface area contributed by atoms with E-state index in [0.717, 1.165) is 10.9 Å². The molecule has 0 N–H and O–H groups in total. The molecule has 0 amide bonds. The molecule has 1 aromatic heterocycles. The number of hydrogen-bond donors (Lipinski definition) is 0. The number of benzene rings is 1. The van der Waals surface area contributed by atoms with E-state index < -0.39 is 0 Å². The first-order chi connectivity index (χ1) is 6.31. The van der Waals surface area contributed by atoms with Crippen molar-refractivity contribution in [2.45, 2.75) is 12.8 Å². The van der Waals surface area contributed by atoms with Gasteiger partial charge in [0.15, 0.2) is 0 Å². The molecule has 1 nitrogen and oxygen atoms in total. The van der Waals surface area contributed by atoms with Gasteiger partial charge >= 0.3 is 0 Å². The fraction of sp³-hybridized carbons (Fsp3) is 0.182. The van der Waals surface area contributed by atoms with Gasteiger partial charge in [0.25, 0.3) is 0 Å². The van der Waals surface area contributed by atoms with E-state index in [4.69, 9.17) is 11.6 Å².